The van der Waals surface area contributed by atoms with E-state index in [1.807, 2.05) is 4.90 Å². The molecule has 0 radical (unpaired) electrons. The van der Waals surface area contributed by atoms with Crippen molar-refractivity contribution in [2.45, 2.75) is 44.9 Å². The fourth-order valence-electron chi connectivity index (χ4n) is 5.17. The number of piperidine rings is 1. The van der Waals surface area contributed by atoms with Crippen molar-refractivity contribution in [3.8, 4) is 17.3 Å². The highest BCUT2D eigenvalue weighted by Crippen LogP contribution is 2.37. The summed E-state index contributed by atoms with van der Waals surface area (Å²) in [5, 5.41) is 6.01. The Labute approximate surface area is 216 Å². The summed E-state index contributed by atoms with van der Waals surface area (Å²) in [5.74, 6) is 0.735. The molecule has 11 heteroatoms. The van der Waals surface area contributed by atoms with Gasteiger partial charge in [-0.2, -0.15) is 13.2 Å². The maximum absolute atomic E-state index is 13.5. The number of amides is 1. The Hall–Kier alpha value is -3.05. The number of nitrogens with one attached hydrogen (secondary N) is 1. The highest BCUT2D eigenvalue weighted by atomic mass is 32.1. The van der Waals surface area contributed by atoms with Crippen molar-refractivity contribution in [1.29, 1.82) is 0 Å². The minimum absolute atomic E-state index is 0.101. The minimum Gasteiger partial charge on any atom is -0.494 e. The van der Waals surface area contributed by atoms with Gasteiger partial charge in [0.2, 0.25) is 0 Å². The van der Waals surface area contributed by atoms with Gasteiger partial charge in [0, 0.05) is 37.1 Å². The van der Waals surface area contributed by atoms with Gasteiger partial charge in [-0.3, -0.25) is 4.79 Å². The predicted octanol–water partition coefficient (Wildman–Crippen LogP) is 5.43. The summed E-state index contributed by atoms with van der Waals surface area (Å²) in [6, 6.07) is 7.21. The summed E-state index contributed by atoms with van der Waals surface area (Å²) in [4.78, 5) is 20.6. The van der Waals surface area contributed by atoms with Gasteiger partial charge in [0.1, 0.15) is 22.6 Å². The molecule has 1 N–H and O–H groups in total. The second-order valence-electron chi connectivity index (χ2n) is 9.50. The third kappa shape index (κ3) is 4.94. The number of halogens is 3. The fourth-order valence-corrected chi connectivity index (χ4v) is 6.07. The smallest absolute Gasteiger partial charge is 0.406 e. The average molecular weight is 534 g/mol. The van der Waals surface area contributed by atoms with E-state index >= 15 is 0 Å². The van der Waals surface area contributed by atoms with E-state index in [-0.39, 0.29) is 11.9 Å². The minimum atomic E-state index is -4.38. The van der Waals surface area contributed by atoms with Gasteiger partial charge in [-0.15, -0.1) is 11.3 Å². The molecule has 4 aromatic rings. The normalized spacial score (nSPS) is 16.7. The number of alkyl halides is 3. The Morgan fingerprint density at radius 2 is 2.11 bits per heavy atom. The van der Waals surface area contributed by atoms with Crippen molar-refractivity contribution in [3.05, 3.63) is 35.2 Å². The molecule has 0 saturated carbocycles. The van der Waals surface area contributed by atoms with Crippen molar-refractivity contribution in [3.63, 3.8) is 0 Å². The Balaban J connectivity index is 1.55. The number of rotatable bonds is 7. The Morgan fingerprint density at radius 3 is 2.84 bits per heavy atom. The SMILES string of the molecule is CCCN[C@@H]1CCCN(C(=O)c2cc(OC)c3c(c2)nc(-c2cc4ccsc4n2CC(F)(F)F)n3C)C1. The third-order valence-corrected chi connectivity index (χ3v) is 7.81. The molecule has 0 bridgehead atoms. The van der Waals surface area contributed by atoms with E-state index in [0.717, 1.165) is 31.2 Å². The lowest BCUT2D eigenvalue weighted by Crippen LogP contribution is -2.48. The molecule has 0 unspecified atom stereocenters. The molecule has 1 atom stereocenters. The molecule has 0 aliphatic carbocycles. The highest BCUT2D eigenvalue weighted by molar-refractivity contribution is 7.16. The molecule has 1 fully saturated rings. The van der Waals surface area contributed by atoms with Crippen LogP contribution >= 0.6 is 11.3 Å². The number of thiophene rings is 1. The molecular weight excluding hydrogens is 503 g/mol. The van der Waals surface area contributed by atoms with Crippen molar-refractivity contribution in [2.24, 2.45) is 7.05 Å². The van der Waals surface area contributed by atoms with E-state index in [0.29, 0.717) is 51.8 Å². The second-order valence-corrected chi connectivity index (χ2v) is 10.4. The molecule has 1 aliphatic rings. The van der Waals surface area contributed by atoms with Crippen LogP contribution in [0, 0.1) is 0 Å². The number of aryl methyl sites for hydroxylation is 1. The number of carbonyl (C=O) groups is 1. The highest BCUT2D eigenvalue weighted by Gasteiger charge is 2.32. The molecule has 3 aromatic heterocycles. The lowest BCUT2D eigenvalue weighted by Gasteiger charge is -2.33. The number of hydrogen-bond acceptors (Lipinski definition) is 5. The summed E-state index contributed by atoms with van der Waals surface area (Å²) in [6.45, 7) is 3.23. The van der Waals surface area contributed by atoms with E-state index in [1.54, 1.807) is 41.3 Å². The summed E-state index contributed by atoms with van der Waals surface area (Å²) in [6.07, 6.45) is -1.40. The van der Waals surface area contributed by atoms with Crippen LogP contribution in [0.15, 0.2) is 29.6 Å². The number of benzene rings is 1. The summed E-state index contributed by atoms with van der Waals surface area (Å²) >= 11 is 1.26. The molecular formula is C26H30F3N5O2S. The first-order valence-corrected chi connectivity index (χ1v) is 13.3. The molecule has 1 saturated heterocycles. The van der Waals surface area contributed by atoms with Crippen LogP contribution in [0.2, 0.25) is 0 Å². The van der Waals surface area contributed by atoms with Crippen LogP contribution in [0.25, 0.3) is 32.8 Å². The van der Waals surface area contributed by atoms with Crippen molar-refractivity contribution < 1.29 is 22.7 Å². The largest absolute Gasteiger partial charge is 0.494 e. The zero-order chi connectivity index (χ0) is 26.3. The van der Waals surface area contributed by atoms with Gasteiger partial charge >= 0.3 is 6.18 Å². The monoisotopic (exact) mass is 533 g/mol. The molecule has 37 heavy (non-hydrogen) atoms. The van der Waals surface area contributed by atoms with Crippen LogP contribution in [0.4, 0.5) is 13.2 Å². The van der Waals surface area contributed by atoms with Crippen LogP contribution in [-0.4, -0.2) is 63.9 Å². The Kier molecular flexibility index (Phi) is 6.93. The molecule has 1 amide bonds. The van der Waals surface area contributed by atoms with Gasteiger partial charge in [-0.1, -0.05) is 6.92 Å². The lowest BCUT2D eigenvalue weighted by molar-refractivity contribution is -0.139. The molecule has 0 spiro atoms. The number of nitrogens with zero attached hydrogens (tertiary/aromatic N) is 4. The third-order valence-electron chi connectivity index (χ3n) is 6.86. The first-order chi connectivity index (χ1) is 17.7. The van der Waals surface area contributed by atoms with Crippen LogP contribution in [0.3, 0.4) is 0 Å². The zero-order valence-corrected chi connectivity index (χ0v) is 21.9. The topological polar surface area (TPSA) is 64.3 Å². The molecule has 1 aliphatic heterocycles. The summed E-state index contributed by atoms with van der Waals surface area (Å²) in [5.41, 5.74) is 1.95. The molecule has 4 heterocycles. The number of fused-ring (bicyclic) bond motifs is 2. The van der Waals surface area contributed by atoms with Crippen molar-refractivity contribution in [1.82, 2.24) is 24.3 Å². The summed E-state index contributed by atoms with van der Waals surface area (Å²) in [7, 11) is 3.27. The molecule has 1 aromatic carbocycles. The van der Waals surface area contributed by atoms with Crippen LogP contribution < -0.4 is 10.1 Å². The van der Waals surface area contributed by atoms with Gasteiger partial charge in [-0.25, -0.2) is 4.98 Å². The molecule has 5 rings (SSSR count). The fraction of sp³-hybridized carbons (Fsp3) is 0.462. The quantitative estimate of drug-likeness (QED) is 0.344. The van der Waals surface area contributed by atoms with Crippen molar-refractivity contribution in [2.75, 3.05) is 26.7 Å². The zero-order valence-electron chi connectivity index (χ0n) is 21.1. The number of methoxy groups -OCH3 is 1. The van der Waals surface area contributed by atoms with E-state index < -0.39 is 12.7 Å². The number of imidazole rings is 1. The first kappa shape index (κ1) is 25.6. The maximum atomic E-state index is 13.5. The van der Waals surface area contributed by atoms with Gasteiger partial charge in [0.15, 0.2) is 5.82 Å². The lowest BCUT2D eigenvalue weighted by atomic mass is 10.0. The van der Waals surface area contributed by atoms with Gasteiger partial charge in [0.25, 0.3) is 5.91 Å². The van der Waals surface area contributed by atoms with Crippen LogP contribution in [-0.2, 0) is 13.6 Å². The van der Waals surface area contributed by atoms with E-state index in [2.05, 4.69) is 12.2 Å². The van der Waals surface area contributed by atoms with Gasteiger partial charge in [-0.05, 0) is 55.5 Å². The average Bonchev–Trinajstić information content (AvgIpc) is 3.55. The van der Waals surface area contributed by atoms with Crippen molar-refractivity contribution >= 4 is 38.5 Å². The Bertz CT molecular complexity index is 1440. The first-order valence-electron chi connectivity index (χ1n) is 12.4. The number of likely N-dealkylation sites (tertiary alicyclic amines) is 1. The molecule has 7 nitrogen and oxygen atoms in total. The van der Waals surface area contributed by atoms with Gasteiger partial charge < -0.3 is 24.1 Å². The maximum Gasteiger partial charge on any atom is 0.406 e. The Morgan fingerprint density at radius 1 is 1.30 bits per heavy atom. The van der Waals surface area contributed by atoms with E-state index in [1.165, 1.54) is 23.0 Å². The van der Waals surface area contributed by atoms with E-state index in [9.17, 15) is 18.0 Å². The number of hydrogen-bond donors (Lipinski definition) is 1. The second kappa shape index (κ2) is 10.0. The number of ether oxygens (including phenoxy) is 1. The number of carbonyl (C=O) groups excluding carboxylic acids is 1. The van der Waals surface area contributed by atoms with Crippen LogP contribution in [0.1, 0.15) is 36.5 Å². The van der Waals surface area contributed by atoms with E-state index in [4.69, 9.17) is 9.72 Å². The standard InChI is InChI=1S/C26H30F3N5O2S/c1-4-8-30-18-6-5-9-33(14-18)24(35)17-11-19-22(21(13-17)36-3)32(2)23(31-19)20-12-16-7-10-37-25(16)34(20)15-26(27,28)29/h7,10-13,18,30H,4-6,8-9,14-15H2,1-3H3/t18-/m1/s1. The summed E-state index contributed by atoms with van der Waals surface area (Å²) < 4.78 is 49.1. The number of aromatic nitrogens is 3. The van der Waals surface area contributed by atoms with Crippen LogP contribution in [0.5, 0.6) is 5.75 Å². The van der Waals surface area contributed by atoms with Gasteiger partial charge in [0.05, 0.1) is 18.3 Å². The predicted molar refractivity (Wildman–Crippen MR) is 139 cm³/mol. The molecule has 198 valence electrons.